The molecule has 1 saturated heterocycles. The Kier molecular flexibility index (Phi) is 2.85. The van der Waals surface area contributed by atoms with E-state index in [9.17, 15) is 0 Å². The Morgan fingerprint density at radius 1 is 1.33 bits per heavy atom. The minimum Gasteiger partial charge on any atom is -0.378 e. The van der Waals surface area contributed by atoms with E-state index in [-0.39, 0.29) is 5.54 Å². The maximum absolute atomic E-state index is 5.80. The summed E-state index contributed by atoms with van der Waals surface area (Å²) >= 11 is 0. The van der Waals surface area contributed by atoms with Crippen molar-refractivity contribution in [3.63, 3.8) is 0 Å². The Labute approximate surface area is 93.8 Å². The van der Waals surface area contributed by atoms with Crippen LogP contribution in [0.1, 0.15) is 47.0 Å². The van der Waals surface area contributed by atoms with E-state index in [2.05, 4.69) is 33.0 Å². The van der Waals surface area contributed by atoms with Crippen LogP contribution in [-0.2, 0) is 4.74 Å². The first kappa shape index (κ1) is 11.4. The van der Waals surface area contributed by atoms with Crippen LogP contribution >= 0.6 is 0 Å². The first-order valence-electron chi connectivity index (χ1n) is 6.31. The van der Waals surface area contributed by atoms with Gasteiger partial charge in [0.05, 0.1) is 6.10 Å². The van der Waals surface area contributed by atoms with Crippen molar-refractivity contribution < 1.29 is 4.74 Å². The van der Waals surface area contributed by atoms with Crippen LogP contribution in [0, 0.1) is 11.3 Å². The van der Waals surface area contributed by atoms with E-state index in [0.717, 1.165) is 19.1 Å². The SMILES string of the molecule is CC1OCCC1(CNC(C)(C)C)C1CC1. The lowest BCUT2D eigenvalue weighted by Gasteiger charge is -2.36. The molecule has 1 aliphatic carbocycles. The van der Waals surface area contributed by atoms with Crippen molar-refractivity contribution in [2.45, 2.75) is 58.6 Å². The van der Waals surface area contributed by atoms with Gasteiger partial charge in [0.25, 0.3) is 0 Å². The molecule has 1 heterocycles. The van der Waals surface area contributed by atoms with Crippen LogP contribution in [0.25, 0.3) is 0 Å². The maximum atomic E-state index is 5.80. The quantitative estimate of drug-likeness (QED) is 0.774. The molecule has 2 nitrogen and oxygen atoms in total. The van der Waals surface area contributed by atoms with E-state index in [1.54, 1.807) is 0 Å². The fraction of sp³-hybridized carbons (Fsp3) is 1.00. The molecular formula is C13H25NO. The summed E-state index contributed by atoms with van der Waals surface area (Å²) in [5, 5.41) is 3.68. The molecule has 1 N–H and O–H groups in total. The summed E-state index contributed by atoms with van der Waals surface area (Å²) in [4.78, 5) is 0. The Morgan fingerprint density at radius 2 is 2.00 bits per heavy atom. The van der Waals surface area contributed by atoms with Crippen LogP contribution in [0.5, 0.6) is 0 Å². The van der Waals surface area contributed by atoms with Gasteiger partial charge in [-0.2, -0.15) is 0 Å². The van der Waals surface area contributed by atoms with Crippen LogP contribution in [0.4, 0.5) is 0 Å². The van der Waals surface area contributed by atoms with E-state index >= 15 is 0 Å². The van der Waals surface area contributed by atoms with E-state index in [1.807, 2.05) is 0 Å². The van der Waals surface area contributed by atoms with Crippen molar-refractivity contribution in [1.29, 1.82) is 0 Å². The zero-order valence-corrected chi connectivity index (χ0v) is 10.6. The third kappa shape index (κ3) is 2.36. The summed E-state index contributed by atoms with van der Waals surface area (Å²) in [6.07, 6.45) is 4.53. The lowest BCUT2D eigenvalue weighted by atomic mass is 9.76. The predicted molar refractivity (Wildman–Crippen MR) is 62.9 cm³/mol. The Balaban J connectivity index is 2.00. The van der Waals surface area contributed by atoms with Crippen LogP contribution in [0.2, 0.25) is 0 Å². The number of nitrogens with one attached hydrogen (secondary N) is 1. The van der Waals surface area contributed by atoms with Crippen LogP contribution in [0.15, 0.2) is 0 Å². The number of ether oxygens (including phenoxy) is 1. The molecule has 0 radical (unpaired) electrons. The molecule has 1 saturated carbocycles. The van der Waals surface area contributed by atoms with Gasteiger partial charge in [0.15, 0.2) is 0 Å². The second-order valence-corrected chi connectivity index (χ2v) is 6.37. The number of rotatable bonds is 3. The van der Waals surface area contributed by atoms with Gasteiger partial charge in [-0.15, -0.1) is 0 Å². The van der Waals surface area contributed by atoms with E-state index in [1.165, 1.54) is 19.3 Å². The van der Waals surface area contributed by atoms with Crippen molar-refractivity contribution in [1.82, 2.24) is 5.32 Å². The minimum atomic E-state index is 0.226. The van der Waals surface area contributed by atoms with Gasteiger partial charge in [0.1, 0.15) is 0 Å². The van der Waals surface area contributed by atoms with E-state index in [0.29, 0.717) is 11.5 Å². The molecule has 0 aromatic rings. The molecule has 2 aliphatic rings. The molecule has 2 fully saturated rings. The Hall–Kier alpha value is -0.0800. The molecule has 0 spiro atoms. The van der Waals surface area contributed by atoms with E-state index in [4.69, 9.17) is 4.74 Å². The highest BCUT2D eigenvalue weighted by Gasteiger charge is 2.51. The highest BCUT2D eigenvalue weighted by atomic mass is 16.5. The first-order valence-corrected chi connectivity index (χ1v) is 6.31. The van der Waals surface area contributed by atoms with Crippen LogP contribution < -0.4 is 5.32 Å². The molecule has 15 heavy (non-hydrogen) atoms. The Bertz CT molecular complexity index is 229. The van der Waals surface area contributed by atoms with Crippen molar-refractivity contribution in [3.05, 3.63) is 0 Å². The van der Waals surface area contributed by atoms with E-state index < -0.39 is 0 Å². The molecule has 2 atom stereocenters. The molecule has 1 aliphatic heterocycles. The normalized spacial score (nSPS) is 37.2. The van der Waals surface area contributed by atoms with Crippen LogP contribution in [-0.4, -0.2) is 24.8 Å². The fourth-order valence-electron chi connectivity index (χ4n) is 2.80. The summed E-state index contributed by atoms with van der Waals surface area (Å²) in [7, 11) is 0. The number of hydrogen-bond donors (Lipinski definition) is 1. The fourth-order valence-corrected chi connectivity index (χ4v) is 2.80. The van der Waals surface area contributed by atoms with Gasteiger partial charge < -0.3 is 10.1 Å². The topological polar surface area (TPSA) is 21.3 Å². The second kappa shape index (κ2) is 3.74. The van der Waals surface area contributed by atoms with Crippen molar-refractivity contribution in [2.24, 2.45) is 11.3 Å². The average Bonchev–Trinajstić information content (AvgIpc) is 2.89. The average molecular weight is 211 g/mol. The molecule has 0 bridgehead atoms. The monoisotopic (exact) mass is 211 g/mol. The molecule has 0 aromatic carbocycles. The third-order valence-corrected chi connectivity index (χ3v) is 4.08. The van der Waals surface area contributed by atoms with Gasteiger partial charge in [0, 0.05) is 24.1 Å². The molecule has 0 aromatic heterocycles. The lowest BCUT2D eigenvalue weighted by Crippen LogP contribution is -2.47. The maximum Gasteiger partial charge on any atom is 0.0618 e. The van der Waals surface area contributed by atoms with Gasteiger partial charge in [-0.25, -0.2) is 0 Å². The van der Waals surface area contributed by atoms with Gasteiger partial charge in [-0.3, -0.25) is 0 Å². The van der Waals surface area contributed by atoms with Crippen LogP contribution in [0.3, 0.4) is 0 Å². The summed E-state index contributed by atoms with van der Waals surface area (Å²) in [6.45, 7) is 11.1. The van der Waals surface area contributed by atoms with Gasteiger partial charge in [-0.1, -0.05) is 0 Å². The molecule has 2 rings (SSSR count). The highest BCUT2D eigenvalue weighted by molar-refractivity contribution is 5.02. The minimum absolute atomic E-state index is 0.226. The van der Waals surface area contributed by atoms with Gasteiger partial charge >= 0.3 is 0 Å². The summed E-state index contributed by atoms with van der Waals surface area (Å²) in [5.41, 5.74) is 0.664. The van der Waals surface area contributed by atoms with Gasteiger partial charge in [0.2, 0.25) is 0 Å². The lowest BCUT2D eigenvalue weighted by molar-refractivity contribution is 0.0477. The third-order valence-electron chi connectivity index (χ3n) is 4.08. The summed E-state index contributed by atoms with van der Waals surface area (Å²) < 4.78 is 5.80. The zero-order valence-electron chi connectivity index (χ0n) is 10.6. The number of hydrogen-bond acceptors (Lipinski definition) is 2. The first-order chi connectivity index (χ1) is 6.94. The molecule has 2 unspecified atom stereocenters. The molecular weight excluding hydrogens is 186 g/mol. The largest absolute Gasteiger partial charge is 0.378 e. The van der Waals surface area contributed by atoms with Crippen molar-refractivity contribution in [2.75, 3.05) is 13.2 Å². The predicted octanol–water partition coefficient (Wildman–Crippen LogP) is 2.58. The summed E-state index contributed by atoms with van der Waals surface area (Å²) in [5.74, 6) is 0.921. The second-order valence-electron chi connectivity index (χ2n) is 6.37. The van der Waals surface area contributed by atoms with Crippen molar-refractivity contribution in [3.8, 4) is 0 Å². The molecule has 2 heteroatoms. The Morgan fingerprint density at radius 3 is 2.40 bits per heavy atom. The molecule has 88 valence electrons. The zero-order chi connectivity index (χ0) is 11.1. The van der Waals surface area contributed by atoms with Gasteiger partial charge in [-0.05, 0) is 52.9 Å². The molecule has 0 amide bonds. The summed E-state index contributed by atoms with van der Waals surface area (Å²) in [6, 6.07) is 0. The highest BCUT2D eigenvalue weighted by Crippen LogP contribution is 2.53. The standard InChI is InChI=1S/C13H25NO/c1-10-13(7-8-15-10,11-5-6-11)9-14-12(2,3)4/h10-11,14H,5-9H2,1-4H3. The van der Waals surface area contributed by atoms with Crippen molar-refractivity contribution >= 4 is 0 Å². The smallest absolute Gasteiger partial charge is 0.0618 e.